The van der Waals surface area contributed by atoms with Gasteiger partial charge in [0.1, 0.15) is 0 Å². The van der Waals surface area contributed by atoms with Crippen LogP contribution in [0.1, 0.15) is 26.4 Å². The van der Waals surface area contributed by atoms with E-state index in [1.807, 2.05) is 11.4 Å². The Balaban J connectivity index is 1.86. The molecule has 0 aliphatic heterocycles. The fourth-order valence-corrected chi connectivity index (χ4v) is 2.70. The lowest BCUT2D eigenvalue weighted by atomic mass is 10.1. The Morgan fingerprint density at radius 3 is 3.00 bits per heavy atom. The largest absolute Gasteiger partial charge is 0.352 e. The molecule has 0 atom stereocenters. The van der Waals surface area contributed by atoms with Crippen molar-refractivity contribution in [3.63, 3.8) is 0 Å². The molecule has 0 radical (unpaired) electrons. The summed E-state index contributed by atoms with van der Waals surface area (Å²) in [5.41, 5.74) is 8.45. The first kappa shape index (κ1) is 15.3. The molecule has 1 heterocycles. The van der Waals surface area contributed by atoms with E-state index in [2.05, 4.69) is 42.3 Å². The van der Waals surface area contributed by atoms with Crippen LogP contribution in [0.4, 0.5) is 0 Å². The Bertz CT molecular complexity index is 679. The maximum absolute atomic E-state index is 12.0. The number of aryl methyl sites for hydroxylation is 1. The number of carbonyl (C=O) groups is 1. The third-order valence-electron chi connectivity index (χ3n) is 2.96. The zero-order valence-electron chi connectivity index (χ0n) is 12.0. The molecular weight excluding hydrogens is 280 g/mol. The molecule has 0 saturated carbocycles. The van der Waals surface area contributed by atoms with E-state index in [0.29, 0.717) is 18.7 Å². The van der Waals surface area contributed by atoms with Gasteiger partial charge in [-0.2, -0.15) is 0 Å². The number of carbonyl (C=O) groups excluding carboxylic acids is 1. The van der Waals surface area contributed by atoms with Crippen LogP contribution in [0.5, 0.6) is 0 Å². The van der Waals surface area contributed by atoms with Gasteiger partial charge in [0.05, 0.1) is 17.0 Å². The van der Waals surface area contributed by atoms with E-state index < -0.39 is 0 Å². The first-order valence-corrected chi connectivity index (χ1v) is 7.68. The number of benzene rings is 1. The monoisotopic (exact) mass is 298 g/mol. The number of amides is 1. The molecule has 0 aliphatic carbocycles. The average molecular weight is 298 g/mol. The van der Waals surface area contributed by atoms with Crippen LogP contribution in [-0.4, -0.2) is 19.0 Å². The van der Waals surface area contributed by atoms with Crippen LogP contribution in [0.2, 0.25) is 0 Å². The van der Waals surface area contributed by atoms with Crippen LogP contribution in [0, 0.1) is 18.8 Å². The molecule has 1 aromatic carbocycles. The quantitative estimate of drug-likeness (QED) is 0.851. The van der Waals surface area contributed by atoms with Gasteiger partial charge in [-0.05, 0) is 25.0 Å². The molecule has 3 N–H and O–H groups in total. The van der Waals surface area contributed by atoms with Gasteiger partial charge in [-0.3, -0.25) is 4.79 Å². The van der Waals surface area contributed by atoms with Gasteiger partial charge in [-0.15, -0.1) is 11.3 Å². The van der Waals surface area contributed by atoms with E-state index >= 15 is 0 Å². The van der Waals surface area contributed by atoms with Crippen LogP contribution in [0.25, 0.3) is 0 Å². The summed E-state index contributed by atoms with van der Waals surface area (Å²) < 4.78 is 0. The second kappa shape index (κ2) is 7.63. The molecule has 0 bridgehead atoms. The van der Waals surface area contributed by atoms with Crippen molar-refractivity contribution in [1.29, 1.82) is 0 Å². The summed E-state index contributed by atoms with van der Waals surface area (Å²) in [4.78, 5) is 12.9. The number of hydrogen-bond donors (Lipinski definition) is 2. The van der Waals surface area contributed by atoms with Crippen LogP contribution < -0.4 is 11.1 Å². The molecule has 0 fully saturated rings. The number of rotatable bonds is 4. The first-order valence-electron chi connectivity index (χ1n) is 6.80. The van der Waals surface area contributed by atoms with Crippen molar-refractivity contribution in [2.24, 2.45) is 5.73 Å². The highest BCUT2D eigenvalue weighted by Crippen LogP contribution is 2.13. The third kappa shape index (κ3) is 4.75. The Morgan fingerprint density at radius 1 is 1.38 bits per heavy atom. The number of nitrogens with two attached hydrogens (primary N) is 1. The van der Waals surface area contributed by atoms with E-state index in [1.54, 1.807) is 6.07 Å². The number of nitrogens with one attached hydrogen (secondary N) is 1. The molecule has 3 nitrogen and oxygen atoms in total. The Kier molecular flexibility index (Phi) is 5.56. The lowest BCUT2D eigenvalue weighted by molar-refractivity contribution is 0.0954. The number of hydrogen-bond acceptors (Lipinski definition) is 3. The van der Waals surface area contributed by atoms with Crippen molar-refractivity contribution in [2.45, 2.75) is 13.3 Å². The molecule has 1 aromatic heterocycles. The van der Waals surface area contributed by atoms with E-state index in [4.69, 9.17) is 5.73 Å². The molecule has 1 amide bonds. The highest BCUT2D eigenvalue weighted by Gasteiger charge is 2.07. The van der Waals surface area contributed by atoms with Gasteiger partial charge in [-0.25, -0.2) is 0 Å². The summed E-state index contributed by atoms with van der Waals surface area (Å²) in [6.45, 7) is 3.02. The molecule has 0 saturated heterocycles. The molecule has 21 heavy (non-hydrogen) atoms. The van der Waals surface area contributed by atoms with Gasteiger partial charge < -0.3 is 11.1 Å². The summed E-state index contributed by atoms with van der Waals surface area (Å²) in [7, 11) is 0. The first-order chi connectivity index (χ1) is 10.2. The second-order valence-electron chi connectivity index (χ2n) is 4.70. The van der Waals surface area contributed by atoms with Gasteiger partial charge in [-0.1, -0.05) is 41.7 Å². The van der Waals surface area contributed by atoms with Crippen molar-refractivity contribution in [3.8, 4) is 11.8 Å². The van der Waals surface area contributed by atoms with Crippen molar-refractivity contribution in [1.82, 2.24) is 5.32 Å². The lowest BCUT2D eigenvalue weighted by Crippen LogP contribution is -2.25. The average Bonchev–Trinajstić information content (AvgIpc) is 2.94. The maximum atomic E-state index is 12.0. The zero-order chi connectivity index (χ0) is 15.1. The minimum atomic E-state index is -0.0558. The Hall–Kier alpha value is -2.09. The molecule has 2 aromatic rings. The van der Waals surface area contributed by atoms with E-state index in [-0.39, 0.29) is 5.91 Å². The molecule has 2 rings (SSSR count). The SMILES string of the molecule is Cc1cccc(CCNC(=O)c2csc(C#CCN)c2)c1. The minimum absolute atomic E-state index is 0.0558. The highest BCUT2D eigenvalue weighted by molar-refractivity contribution is 7.10. The topological polar surface area (TPSA) is 55.1 Å². The van der Waals surface area contributed by atoms with Crippen LogP contribution >= 0.6 is 11.3 Å². The van der Waals surface area contributed by atoms with Gasteiger partial charge >= 0.3 is 0 Å². The summed E-state index contributed by atoms with van der Waals surface area (Å²) >= 11 is 1.46. The predicted octanol–water partition coefficient (Wildman–Crippen LogP) is 2.34. The normalized spacial score (nSPS) is 9.81. The third-order valence-corrected chi connectivity index (χ3v) is 3.80. The van der Waals surface area contributed by atoms with Crippen LogP contribution in [0.3, 0.4) is 0 Å². The van der Waals surface area contributed by atoms with E-state index in [9.17, 15) is 4.79 Å². The van der Waals surface area contributed by atoms with Gasteiger partial charge in [0, 0.05) is 11.9 Å². The maximum Gasteiger partial charge on any atom is 0.252 e. The van der Waals surface area contributed by atoms with Crippen molar-refractivity contribution >= 4 is 17.2 Å². The summed E-state index contributed by atoms with van der Waals surface area (Å²) in [5.74, 6) is 5.66. The zero-order valence-corrected chi connectivity index (χ0v) is 12.8. The summed E-state index contributed by atoms with van der Waals surface area (Å²) in [6.07, 6.45) is 0.831. The predicted molar refractivity (Wildman–Crippen MR) is 87.5 cm³/mol. The smallest absolute Gasteiger partial charge is 0.252 e. The fraction of sp³-hybridized carbons (Fsp3) is 0.235. The molecular formula is C17H18N2OS. The lowest BCUT2D eigenvalue weighted by Gasteiger charge is -2.04. The van der Waals surface area contributed by atoms with E-state index in [1.165, 1.54) is 22.5 Å². The molecule has 0 unspecified atom stereocenters. The molecule has 4 heteroatoms. The molecule has 0 spiro atoms. The van der Waals surface area contributed by atoms with Crippen molar-refractivity contribution in [2.75, 3.05) is 13.1 Å². The number of thiophene rings is 1. The standard InChI is InChI=1S/C17H18N2OS/c1-13-4-2-5-14(10-13)7-9-19-17(20)15-11-16(21-12-15)6-3-8-18/h2,4-5,10-12H,7-9,18H2,1H3,(H,19,20). The van der Waals surface area contributed by atoms with Crippen LogP contribution in [-0.2, 0) is 6.42 Å². The van der Waals surface area contributed by atoms with Crippen molar-refractivity contribution < 1.29 is 4.79 Å². The molecule has 0 aliphatic rings. The highest BCUT2D eigenvalue weighted by atomic mass is 32.1. The summed E-state index contributed by atoms with van der Waals surface area (Å²) in [5, 5.41) is 4.75. The molecule has 108 valence electrons. The minimum Gasteiger partial charge on any atom is -0.352 e. The van der Waals surface area contributed by atoms with Gasteiger partial charge in [0.15, 0.2) is 0 Å². The Morgan fingerprint density at radius 2 is 2.24 bits per heavy atom. The summed E-state index contributed by atoms with van der Waals surface area (Å²) in [6, 6.07) is 10.1. The van der Waals surface area contributed by atoms with E-state index in [0.717, 1.165) is 11.3 Å². The van der Waals surface area contributed by atoms with Crippen LogP contribution in [0.15, 0.2) is 35.7 Å². The van der Waals surface area contributed by atoms with Gasteiger partial charge in [0.2, 0.25) is 0 Å². The van der Waals surface area contributed by atoms with Crippen molar-refractivity contribution in [3.05, 3.63) is 57.3 Å². The Labute approximate surface area is 129 Å². The fourth-order valence-electron chi connectivity index (χ4n) is 1.95. The second-order valence-corrected chi connectivity index (χ2v) is 5.61. The van der Waals surface area contributed by atoms with Gasteiger partial charge in [0.25, 0.3) is 5.91 Å².